The average molecular weight is 513 g/mol. The Morgan fingerprint density at radius 3 is 2.70 bits per heavy atom. The van der Waals surface area contributed by atoms with E-state index in [0.29, 0.717) is 55.2 Å². The Hall–Kier alpha value is -2.68. The Kier molecular flexibility index (Phi) is 6.23. The van der Waals surface area contributed by atoms with Crippen LogP contribution in [0.5, 0.6) is 5.75 Å². The number of benzene rings is 2. The van der Waals surface area contributed by atoms with Gasteiger partial charge in [0.1, 0.15) is 11.3 Å². The zero-order chi connectivity index (χ0) is 22.9. The Morgan fingerprint density at radius 1 is 1.09 bits per heavy atom. The summed E-state index contributed by atoms with van der Waals surface area (Å²) >= 11 is 3.44. The largest absolute Gasteiger partial charge is 0.494 e. The normalized spacial score (nSPS) is 18.7. The molecule has 0 radical (unpaired) electrons. The van der Waals surface area contributed by atoms with Gasteiger partial charge in [-0.05, 0) is 42.8 Å². The van der Waals surface area contributed by atoms with Crippen LogP contribution in [0, 0.1) is 0 Å². The summed E-state index contributed by atoms with van der Waals surface area (Å²) in [7, 11) is 0. The molecule has 8 heteroatoms. The number of rotatable bonds is 6. The molecule has 1 saturated heterocycles. The lowest BCUT2D eigenvalue weighted by molar-refractivity contribution is 0.0314. The maximum Gasteiger partial charge on any atom is 0.290 e. The molecule has 1 unspecified atom stereocenters. The summed E-state index contributed by atoms with van der Waals surface area (Å²) < 4.78 is 17.9. The predicted molar refractivity (Wildman–Crippen MR) is 128 cm³/mol. The Labute approximate surface area is 200 Å². The van der Waals surface area contributed by atoms with Crippen LogP contribution in [0.3, 0.4) is 0 Å². The number of amides is 1. The molecule has 0 N–H and O–H groups in total. The molecular formula is C25H25BrN2O5. The fraction of sp³-hybridized carbons (Fsp3) is 0.360. The van der Waals surface area contributed by atoms with Crippen molar-refractivity contribution in [1.29, 1.82) is 0 Å². The maximum absolute atomic E-state index is 13.6. The average Bonchev–Trinajstić information content (AvgIpc) is 3.11. The molecule has 3 heterocycles. The van der Waals surface area contributed by atoms with Gasteiger partial charge in [0, 0.05) is 30.7 Å². The topological polar surface area (TPSA) is 72.2 Å². The van der Waals surface area contributed by atoms with E-state index in [2.05, 4.69) is 20.8 Å². The number of hydrogen-bond acceptors (Lipinski definition) is 6. The molecule has 172 valence electrons. The lowest BCUT2D eigenvalue weighted by atomic mass is 9.98. The van der Waals surface area contributed by atoms with E-state index in [4.69, 9.17) is 13.9 Å². The second-order valence-electron chi connectivity index (χ2n) is 8.18. The van der Waals surface area contributed by atoms with Crippen molar-refractivity contribution in [2.45, 2.75) is 13.0 Å². The highest BCUT2D eigenvalue weighted by Gasteiger charge is 2.42. The molecule has 1 amide bonds. The molecule has 0 aliphatic carbocycles. The number of nitrogens with zero attached hydrogens (tertiary/aromatic N) is 2. The standard InChI is InChI=1S/C25H25BrN2O5/c1-2-32-18-5-3-4-16(14-18)22-21-23(29)19-15-17(26)6-7-20(19)33-24(21)25(30)28(22)9-8-27-10-12-31-13-11-27/h3-7,14-15,22H,2,8-13H2,1H3. The predicted octanol–water partition coefficient (Wildman–Crippen LogP) is 3.83. The van der Waals surface area contributed by atoms with Gasteiger partial charge in [0.05, 0.1) is 36.8 Å². The third kappa shape index (κ3) is 4.18. The summed E-state index contributed by atoms with van der Waals surface area (Å²) in [5, 5.41) is 0.455. The van der Waals surface area contributed by atoms with Crippen molar-refractivity contribution in [3.8, 4) is 5.75 Å². The van der Waals surface area contributed by atoms with Gasteiger partial charge in [-0.2, -0.15) is 0 Å². The van der Waals surface area contributed by atoms with Gasteiger partial charge in [-0.3, -0.25) is 14.5 Å². The number of morpholine rings is 1. The molecule has 0 saturated carbocycles. The minimum Gasteiger partial charge on any atom is -0.494 e. The Morgan fingerprint density at radius 2 is 1.91 bits per heavy atom. The van der Waals surface area contributed by atoms with Gasteiger partial charge in [0.2, 0.25) is 5.76 Å². The van der Waals surface area contributed by atoms with Crippen molar-refractivity contribution < 1.29 is 18.7 Å². The second kappa shape index (κ2) is 9.29. The first-order valence-corrected chi connectivity index (χ1v) is 12.0. The van der Waals surface area contributed by atoms with E-state index in [0.717, 1.165) is 23.1 Å². The first-order valence-electron chi connectivity index (χ1n) is 11.2. The number of carbonyl (C=O) groups is 1. The molecule has 3 aromatic rings. The molecule has 0 spiro atoms. The number of ether oxygens (including phenoxy) is 2. The van der Waals surface area contributed by atoms with E-state index in [1.54, 1.807) is 23.1 Å². The van der Waals surface area contributed by atoms with Gasteiger partial charge >= 0.3 is 0 Å². The molecule has 33 heavy (non-hydrogen) atoms. The molecule has 2 aromatic carbocycles. The summed E-state index contributed by atoms with van der Waals surface area (Å²) in [6.45, 7) is 6.67. The van der Waals surface area contributed by atoms with Gasteiger partial charge < -0.3 is 18.8 Å². The molecule has 2 aliphatic heterocycles. The monoisotopic (exact) mass is 512 g/mol. The van der Waals surface area contributed by atoms with Gasteiger partial charge in [-0.15, -0.1) is 0 Å². The smallest absolute Gasteiger partial charge is 0.290 e. The number of carbonyl (C=O) groups excluding carboxylic acids is 1. The van der Waals surface area contributed by atoms with Gasteiger partial charge in [-0.25, -0.2) is 0 Å². The number of fused-ring (bicyclic) bond motifs is 2. The fourth-order valence-corrected chi connectivity index (χ4v) is 4.95. The quantitative estimate of drug-likeness (QED) is 0.499. The van der Waals surface area contributed by atoms with Crippen LogP contribution in [0.1, 0.15) is 34.6 Å². The van der Waals surface area contributed by atoms with Crippen LogP contribution in [0.25, 0.3) is 11.0 Å². The SMILES string of the molecule is CCOc1cccc(C2c3c(oc4ccc(Br)cc4c3=O)C(=O)N2CCN2CCOCC2)c1. The second-order valence-corrected chi connectivity index (χ2v) is 9.09. The van der Waals surface area contributed by atoms with Gasteiger partial charge in [0.15, 0.2) is 5.43 Å². The molecule has 0 bridgehead atoms. The summed E-state index contributed by atoms with van der Waals surface area (Å²) in [6.07, 6.45) is 0. The first kappa shape index (κ1) is 22.1. The highest BCUT2D eigenvalue weighted by molar-refractivity contribution is 9.10. The molecule has 5 rings (SSSR count). The fourth-order valence-electron chi connectivity index (χ4n) is 4.58. The van der Waals surface area contributed by atoms with Crippen molar-refractivity contribution in [1.82, 2.24) is 9.80 Å². The van der Waals surface area contributed by atoms with Crippen LogP contribution in [0.15, 0.2) is 56.1 Å². The van der Waals surface area contributed by atoms with Crippen LogP contribution in [0.2, 0.25) is 0 Å². The highest BCUT2D eigenvalue weighted by atomic mass is 79.9. The lowest BCUT2D eigenvalue weighted by Crippen LogP contribution is -2.42. The Balaban J connectivity index is 1.60. The molecular weight excluding hydrogens is 488 g/mol. The zero-order valence-electron chi connectivity index (χ0n) is 18.4. The van der Waals surface area contributed by atoms with Crippen LogP contribution in [-0.4, -0.2) is 61.7 Å². The van der Waals surface area contributed by atoms with E-state index >= 15 is 0 Å². The third-order valence-electron chi connectivity index (χ3n) is 6.17. The van der Waals surface area contributed by atoms with E-state index in [1.165, 1.54) is 0 Å². The number of halogens is 1. The lowest BCUT2D eigenvalue weighted by Gasteiger charge is -2.31. The van der Waals surface area contributed by atoms with Crippen LogP contribution < -0.4 is 10.2 Å². The number of hydrogen-bond donors (Lipinski definition) is 0. The zero-order valence-corrected chi connectivity index (χ0v) is 20.0. The third-order valence-corrected chi connectivity index (χ3v) is 6.67. The van der Waals surface area contributed by atoms with Crippen LogP contribution >= 0.6 is 15.9 Å². The van der Waals surface area contributed by atoms with E-state index in [1.807, 2.05) is 31.2 Å². The molecule has 1 fully saturated rings. The van der Waals surface area contributed by atoms with Crippen molar-refractivity contribution in [2.24, 2.45) is 0 Å². The summed E-state index contributed by atoms with van der Waals surface area (Å²) in [5.41, 5.74) is 1.45. The summed E-state index contributed by atoms with van der Waals surface area (Å²) in [5.74, 6) is 0.576. The molecule has 7 nitrogen and oxygen atoms in total. The summed E-state index contributed by atoms with van der Waals surface area (Å²) in [6, 6.07) is 12.3. The minimum absolute atomic E-state index is 0.128. The van der Waals surface area contributed by atoms with Crippen molar-refractivity contribution >= 4 is 32.8 Å². The van der Waals surface area contributed by atoms with E-state index in [9.17, 15) is 9.59 Å². The first-order chi connectivity index (χ1) is 16.1. The summed E-state index contributed by atoms with van der Waals surface area (Å²) in [4.78, 5) is 31.2. The Bertz CT molecular complexity index is 1250. The highest BCUT2D eigenvalue weighted by Crippen LogP contribution is 2.39. The molecule has 1 atom stereocenters. The van der Waals surface area contributed by atoms with Gasteiger partial charge in [0.25, 0.3) is 5.91 Å². The maximum atomic E-state index is 13.6. The van der Waals surface area contributed by atoms with Crippen molar-refractivity contribution in [2.75, 3.05) is 46.0 Å². The van der Waals surface area contributed by atoms with Crippen LogP contribution in [-0.2, 0) is 4.74 Å². The molecule has 2 aliphatic rings. The van der Waals surface area contributed by atoms with Crippen molar-refractivity contribution in [3.63, 3.8) is 0 Å². The van der Waals surface area contributed by atoms with Crippen molar-refractivity contribution in [3.05, 3.63) is 74.0 Å². The van der Waals surface area contributed by atoms with E-state index in [-0.39, 0.29) is 17.1 Å². The van der Waals surface area contributed by atoms with E-state index < -0.39 is 6.04 Å². The van der Waals surface area contributed by atoms with Gasteiger partial charge in [-0.1, -0.05) is 28.1 Å². The minimum atomic E-state index is -0.534. The molecule has 1 aromatic heterocycles. The van der Waals surface area contributed by atoms with Crippen LogP contribution in [0.4, 0.5) is 0 Å².